The normalized spacial score (nSPS) is 10.4. The molecule has 88 valence electrons. The van der Waals surface area contributed by atoms with E-state index in [0.29, 0.717) is 10.6 Å². The molecule has 3 N–H and O–H groups in total. The second-order valence-electron chi connectivity index (χ2n) is 3.37. The molecule has 0 spiro atoms. The lowest BCUT2D eigenvalue weighted by Crippen LogP contribution is -2.15. The number of para-hydroxylation sites is 1. The Bertz CT molecular complexity index is 660. The predicted octanol–water partition coefficient (Wildman–Crippen LogP) is 2.20. The SMILES string of the molecule is CSc1ccccc1-n1c(N)cc(=O)[nH]c1=S. The van der Waals surface area contributed by atoms with Crippen LogP contribution in [-0.4, -0.2) is 15.8 Å². The van der Waals surface area contributed by atoms with Crippen molar-refractivity contribution in [3.63, 3.8) is 0 Å². The molecule has 2 rings (SSSR count). The van der Waals surface area contributed by atoms with Crippen LogP contribution < -0.4 is 11.3 Å². The van der Waals surface area contributed by atoms with E-state index in [1.165, 1.54) is 6.07 Å². The molecule has 1 aromatic carbocycles. The van der Waals surface area contributed by atoms with E-state index in [-0.39, 0.29) is 5.56 Å². The molecular weight excluding hydrogens is 254 g/mol. The first-order chi connectivity index (χ1) is 8.13. The highest BCUT2D eigenvalue weighted by Crippen LogP contribution is 2.25. The van der Waals surface area contributed by atoms with E-state index in [0.717, 1.165) is 10.6 Å². The number of nitrogens with two attached hydrogens (primary N) is 1. The Balaban J connectivity index is 2.77. The maximum atomic E-state index is 11.2. The lowest BCUT2D eigenvalue weighted by molar-refractivity contribution is 0.932. The van der Waals surface area contributed by atoms with Gasteiger partial charge in [-0.05, 0) is 30.6 Å². The number of anilines is 1. The van der Waals surface area contributed by atoms with Crippen LogP contribution in [0.4, 0.5) is 5.82 Å². The maximum Gasteiger partial charge on any atom is 0.253 e. The van der Waals surface area contributed by atoms with E-state index in [4.69, 9.17) is 18.0 Å². The number of H-pyrrole nitrogens is 1. The summed E-state index contributed by atoms with van der Waals surface area (Å²) in [6, 6.07) is 9.07. The average Bonchev–Trinajstić information content (AvgIpc) is 2.28. The van der Waals surface area contributed by atoms with Crippen LogP contribution in [0, 0.1) is 4.77 Å². The van der Waals surface area contributed by atoms with Gasteiger partial charge in [-0.1, -0.05) is 12.1 Å². The van der Waals surface area contributed by atoms with E-state index in [2.05, 4.69) is 4.98 Å². The molecule has 2 aromatic rings. The van der Waals surface area contributed by atoms with Crippen molar-refractivity contribution in [3.8, 4) is 5.69 Å². The molecule has 0 atom stereocenters. The van der Waals surface area contributed by atoms with Gasteiger partial charge in [0.05, 0.1) is 5.69 Å². The summed E-state index contributed by atoms with van der Waals surface area (Å²) in [5.41, 5.74) is 6.43. The van der Waals surface area contributed by atoms with Gasteiger partial charge in [-0.25, -0.2) is 0 Å². The Morgan fingerprint density at radius 1 is 1.41 bits per heavy atom. The van der Waals surface area contributed by atoms with Crippen LogP contribution in [-0.2, 0) is 0 Å². The molecule has 0 unspecified atom stereocenters. The Hall–Kier alpha value is -1.53. The highest BCUT2D eigenvalue weighted by atomic mass is 32.2. The Kier molecular flexibility index (Phi) is 3.35. The van der Waals surface area contributed by atoms with Crippen molar-refractivity contribution in [1.29, 1.82) is 0 Å². The van der Waals surface area contributed by atoms with E-state index >= 15 is 0 Å². The average molecular weight is 265 g/mol. The molecule has 1 heterocycles. The topological polar surface area (TPSA) is 63.8 Å². The summed E-state index contributed by atoms with van der Waals surface area (Å²) in [6.07, 6.45) is 1.98. The van der Waals surface area contributed by atoms with Crippen LogP contribution in [0.5, 0.6) is 0 Å². The van der Waals surface area contributed by atoms with E-state index in [1.54, 1.807) is 16.3 Å². The molecule has 0 radical (unpaired) electrons. The van der Waals surface area contributed by atoms with Crippen LogP contribution in [0.25, 0.3) is 5.69 Å². The fourth-order valence-electron chi connectivity index (χ4n) is 1.58. The molecule has 0 aliphatic heterocycles. The molecular formula is C11H11N3OS2. The number of aromatic amines is 1. The third-order valence-corrected chi connectivity index (χ3v) is 3.37. The first-order valence-electron chi connectivity index (χ1n) is 4.88. The summed E-state index contributed by atoms with van der Waals surface area (Å²) in [7, 11) is 0. The quantitative estimate of drug-likeness (QED) is 0.645. The van der Waals surface area contributed by atoms with Gasteiger partial charge in [-0.15, -0.1) is 11.8 Å². The summed E-state index contributed by atoms with van der Waals surface area (Å²) < 4.78 is 1.96. The second kappa shape index (κ2) is 4.77. The molecule has 4 nitrogen and oxygen atoms in total. The van der Waals surface area contributed by atoms with Crippen LogP contribution in [0.3, 0.4) is 0 Å². The standard InChI is InChI=1S/C11H11N3OS2/c1-17-8-5-3-2-4-7(8)14-9(12)6-10(15)13-11(14)16/h2-6H,12H2,1H3,(H,13,15,16). The van der Waals surface area contributed by atoms with Gasteiger partial charge in [-0.2, -0.15) is 0 Å². The Labute approximate surface area is 107 Å². The lowest BCUT2D eigenvalue weighted by Gasteiger charge is -2.13. The minimum absolute atomic E-state index is 0.287. The Morgan fingerprint density at radius 2 is 2.12 bits per heavy atom. The molecule has 6 heteroatoms. The van der Waals surface area contributed by atoms with Crippen molar-refractivity contribution >= 4 is 29.8 Å². The number of benzene rings is 1. The van der Waals surface area contributed by atoms with Crippen LogP contribution in [0.2, 0.25) is 0 Å². The van der Waals surface area contributed by atoms with Gasteiger partial charge in [0.2, 0.25) is 0 Å². The number of hydrogen-bond donors (Lipinski definition) is 2. The number of nitrogen functional groups attached to an aromatic ring is 1. The molecule has 0 fully saturated rings. The number of thioether (sulfide) groups is 1. The van der Waals surface area contributed by atoms with Crippen molar-refractivity contribution in [3.05, 3.63) is 45.5 Å². The molecule has 0 aliphatic rings. The molecule has 0 bridgehead atoms. The monoisotopic (exact) mass is 265 g/mol. The summed E-state index contributed by atoms with van der Waals surface area (Å²) in [5.74, 6) is 0.334. The highest BCUT2D eigenvalue weighted by molar-refractivity contribution is 7.98. The summed E-state index contributed by atoms with van der Waals surface area (Å²) in [5, 5.41) is 0. The van der Waals surface area contributed by atoms with Crippen molar-refractivity contribution in [2.45, 2.75) is 4.90 Å². The van der Waals surface area contributed by atoms with Crippen molar-refractivity contribution < 1.29 is 0 Å². The lowest BCUT2D eigenvalue weighted by atomic mass is 10.3. The first kappa shape index (κ1) is 11.9. The molecule has 0 saturated carbocycles. The molecule has 0 aliphatic carbocycles. The van der Waals surface area contributed by atoms with Gasteiger partial charge < -0.3 is 5.73 Å². The summed E-state index contributed by atoms with van der Waals surface area (Å²) in [4.78, 5) is 14.8. The summed E-state index contributed by atoms with van der Waals surface area (Å²) in [6.45, 7) is 0. The number of aromatic nitrogens is 2. The van der Waals surface area contributed by atoms with Crippen LogP contribution in [0.1, 0.15) is 0 Å². The smallest absolute Gasteiger partial charge is 0.253 e. The minimum atomic E-state index is -0.287. The Morgan fingerprint density at radius 3 is 2.76 bits per heavy atom. The maximum absolute atomic E-state index is 11.2. The predicted molar refractivity (Wildman–Crippen MR) is 73.4 cm³/mol. The van der Waals surface area contributed by atoms with Gasteiger partial charge in [-0.3, -0.25) is 14.3 Å². The minimum Gasteiger partial charge on any atom is -0.385 e. The fourth-order valence-corrected chi connectivity index (χ4v) is 2.46. The highest BCUT2D eigenvalue weighted by Gasteiger charge is 2.07. The van der Waals surface area contributed by atoms with Gasteiger partial charge in [0.25, 0.3) is 5.56 Å². The molecule has 17 heavy (non-hydrogen) atoms. The third kappa shape index (κ3) is 2.27. The van der Waals surface area contributed by atoms with E-state index < -0.39 is 0 Å². The van der Waals surface area contributed by atoms with Crippen molar-refractivity contribution in [2.75, 3.05) is 12.0 Å². The van der Waals surface area contributed by atoms with Gasteiger partial charge in [0.15, 0.2) is 4.77 Å². The van der Waals surface area contributed by atoms with E-state index in [9.17, 15) is 4.79 Å². The number of rotatable bonds is 2. The van der Waals surface area contributed by atoms with Crippen molar-refractivity contribution in [2.24, 2.45) is 0 Å². The number of nitrogens with one attached hydrogen (secondary N) is 1. The van der Waals surface area contributed by atoms with Gasteiger partial charge >= 0.3 is 0 Å². The number of nitrogens with zero attached hydrogens (tertiary/aromatic N) is 1. The van der Waals surface area contributed by atoms with Crippen LogP contribution >= 0.6 is 24.0 Å². The zero-order chi connectivity index (χ0) is 12.4. The molecule has 1 aromatic heterocycles. The zero-order valence-corrected chi connectivity index (χ0v) is 10.8. The largest absolute Gasteiger partial charge is 0.385 e. The van der Waals surface area contributed by atoms with Crippen LogP contribution in [0.15, 0.2) is 40.0 Å². The molecule has 0 amide bonds. The second-order valence-corrected chi connectivity index (χ2v) is 4.61. The van der Waals surface area contributed by atoms with E-state index in [1.807, 2.05) is 30.5 Å². The van der Waals surface area contributed by atoms with Crippen molar-refractivity contribution in [1.82, 2.24) is 9.55 Å². The number of hydrogen-bond acceptors (Lipinski definition) is 4. The first-order valence-corrected chi connectivity index (χ1v) is 6.52. The zero-order valence-electron chi connectivity index (χ0n) is 9.14. The fraction of sp³-hybridized carbons (Fsp3) is 0.0909. The molecule has 0 saturated heterocycles. The third-order valence-electron chi connectivity index (χ3n) is 2.30. The van der Waals surface area contributed by atoms with Gasteiger partial charge in [0, 0.05) is 11.0 Å². The summed E-state index contributed by atoms with van der Waals surface area (Å²) >= 11 is 6.73. The van der Waals surface area contributed by atoms with Gasteiger partial charge in [0.1, 0.15) is 5.82 Å².